The largest absolute Gasteiger partial charge is 0.494 e. The second kappa shape index (κ2) is 6.80. The Morgan fingerprint density at radius 1 is 1.28 bits per heavy atom. The molecule has 3 aromatic rings. The van der Waals surface area contributed by atoms with Crippen molar-refractivity contribution in [1.29, 1.82) is 5.26 Å². The number of methoxy groups -OCH3 is 1. The fraction of sp³-hybridized carbons (Fsp3) is 0.118. The highest BCUT2D eigenvalue weighted by atomic mass is 16.5. The molecule has 0 radical (unpaired) electrons. The SMILES string of the molecule is COc1ccc(NC(=O)c2cccc(C#N)c2)cc1-n1nnnc1C. The van der Waals surface area contributed by atoms with Gasteiger partial charge in [-0.2, -0.15) is 9.94 Å². The molecule has 3 rings (SSSR count). The summed E-state index contributed by atoms with van der Waals surface area (Å²) in [6.07, 6.45) is 0. The predicted octanol–water partition coefficient (Wildman–Crippen LogP) is 2.10. The van der Waals surface area contributed by atoms with Crippen LogP contribution in [0.4, 0.5) is 5.69 Å². The number of aryl methyl sites for hydroxylation is 1. The molecule has 25 heavy (non-hydrogen) atoms. The number of tetrazole rings is 1. The lowest BCUT2D eigenvalue weighted by atomic mass is 10.1. The Bertz CT molecular complexity index is 973. The van der Waals surface area contributed by atoms with Crippen LogP contribution in [0, 0.1) is 18.3 Å². The number of amides is 1. The first-order valence-electron chi connectivity index (χ1n) is 7.37. The van der Waals surface area contributed by atoms with Crippen LogP contribution in [-0.2, 0) is 0 Å². The van der Waals surface area contributed by atoms with E-state index in [1.54, 1.807) is 50.4 Å². The second-order valence-electron chi connectivity index (χ2n) is 5.17. The summed E-state index contributed by atoms with van der Waals surface area (Å²) in [4.78, 5) is 12.4. The van der Waals surface area contributed by atoms with Crippen LogP contribution in [-0.4, -0.2) is 33.2 Å². The molecular formula is C17H14N6O2. The molecule has 1 amide bonds. The van der Waals surface area contributed by atoms with Crippen molar-refractivity contribution in [2.24, 2.45) is 0 Å². The monoisotopic (exact) mass is 334 g/mol. The normalized spacial score (nSPS) is 10.1. The molecule has 0 bridgehead atoms. The summed E-state index contributed by atoms with van der Waals surface area (Å²) in [6.45, 7) is 1.76. The number of hydrogen-bond donors (Lipinski definition) is 1. The molecule has 8 nitrogen and oxygen atoms in total. The van der Waals surface area contributed by atoms with E-state index in [0.29, 0.717) is 34.1 Å². The van der Waals surface area contributed by atoms with Gasteiger partial charge in [0.05, 0.1) is 18.7 Å². The van der Waals surface area contributed by atoms with Gasteiger partial charge in [-0.25, -0.2) is 0 Å². The molecule has 124 valence electrons. The summed E-state index contributed by atoms with van der Waals surface area (Å²) < 4.78 is 6.85. The highest BCUT2D eigenvalue weighted by Gasteiger charge is 2.13. The Morgan fingerprint density at radius 3 is 2.80 bits per heavy atom. The van der Waals surface area contributed by atoms with Crippen molar-refractivity contribution < 1.29 is 9.53 Å². The van der Waals surface area contributed by atoms with Crippen LogP contribution >= 0.6 is 0 Å². The maximum absolute atomic E-state index is 12.4. The summed E-state index contributed by atoms with van der Waals surface area (Å²) in [5.74, 6) is 0.838. The van der Waals surface area contributed by atoms with Crippen molar-refractivity contribution in [2.75, 3.05) is 12.4 Å². The van der Waals surface area contributed by atoms with Gasteiger partial charge in [-0.05, 0) is 53.7 Å². The first kappa shape index (κ1) is 16.1. The number of nitrogens with zero attached hydrogens (tertiary/aromatic N) is 5. The molecule has 0 saturated carbocycles. The Morgan fingerprint density at radius 2 is 2.12 bits per heavy atom. The van der Waals surface area contributed by atoms with Crippen molar-refractivity contribution in [2.45, 2.75) is 6.92 Å². The number of benzene rings is 2. The van der Waals surface area contributed by atoms with Gasteiger partial charge in [0.25, 0.3) is 5.91 Å². The summed E-state index contributed by atoms with van der Waals surface area (Å²) in [6, 6.07) is 13.6. The number of anilines is 1. The molecule has 0 spiro atoms. The molecule has 0 aliphatic carbocycles. The van der Waals surface area contributed by atoms with Crippen LogP contribution in [0.15, 0.2) is 42.5 Å². The van der Waals surface area contributed by atoms with E-state index in [9.17, 15) is 4.79 Å². The molecule has 0 unspecified atom stereocenters. The first-order valence-corrected chi connectivity index (χ1v) is 7.37. The van der Waals surface area contributed by atoms with Crippen molar-refractivity contribution >= 4 is 11.6 Å². The summed E-state index contributed by atoms with van der Waals surface area (Å²) in [7, 11) is 1.55. The topological polar surface area (TPSA) is 106 Å². The zero-order chi connectivity index (χ0) is 17.8. The standard InChI is InChI=1S/C17H14N6O2/c1-11-20-21-22-23(11)15-9-14(6-7-16(15)25-2)19-17(24)13-5-3-4-12(8-13)10-18/h3-9H,1-2H3,(H,19,24). The number of aromatic nitrogens is 4. The van der Waals surface area contributed by atoms with Crippen molar-refractivity contribution in [1.82, 2.24) is 20.2 Å². The lowest BCUT2D eigenvalue weighted by Gasteiger charge is -2.12. The molecule has 0 aliphatic rings. The van der Waals surface area contributed by atoms with E-state index in [4.69, 9.17) is 10.00 Å². The Labute approximate surface area is 143 Å². The van der Waals surface area contributed by atoms with Gasteiger partial charge in [-0.3, -0.25) is 4.79 Å². The predicted molar refractivity (Wildman–Crippen MR) is 89.6 cm³/mol. The quantitative estimate of drug-likeness (QED) is 0.783. The van der Waals surface area contributed by atoms with E-state index >= 15 is 0 Å². The minimum absolute atomic E-state index is 0.318. The molecule has 2 aromatic carbocycles. The van der Waals surface area contributed by atoms with Gasteiger partial charge in [0.15, 0.2) is 5.82 Å². The summed E-state index contributed by atoms with van der Waals surface area (Å²) in [5, 5.41) is 23.1. The van der Waals surface area contributed by atoms with Crippen LogP contribution < -0.4 is 10.1 Å². The minimum Gasteiger partial charge on any atom is -0.494 e. The van der Waals surface area contributed by atoms with Crippen molar-refractivity contribution in [3.8, 4) is 17.5 Å². The highest BCUT2D eigenvalue weighted by Crippen LogP contribution is 2.26. The molecule has 8 heteroatoms. The Kier molecular flexibility index (Phi) is 4.39. The average molecular weight is 334 g/mol. The molecule has 0 aliphatic heterocycles. The Balaban J connectivity index is 1.92. The van der Waals surface area contributed by atoms with E-state index in [1.165, 1.54) is 10.7 Å². The van der Waals surface area contributed by atoms with Gasteiger partial charge in [-0.15, -0.1) is 5.10 Å². The minimum atomic E-state index is -0.318. The maximum atomic E-state index is 12.4. The Hall–Kier alpha value is -3.73. The van der Waals surface area contributed by atoms with Gasteiger partial charge in [0.2, 0.25) is 0 Å². The molecular weight excluding hydrogens is 320 g/mol. The zero-order valence-electron chi connectivity index (χ0n) is 13.6. The number of hydrogen-bond acceptors (Lipinski definition) is 6. The molecule has 1 aromatic heterocycles. The van der Waals surface area contributed by atoms with E-state index in [2.05, 4.69) is 20.8 Å². The zero-order valence-corrected chi connectivity index (χ0v) is 13.6. The molecule has 1 heterocycles. The third kappa shape index (κ3) is 3.30. The van der Waals surface area contributed by atoms with E-state index in [0.717, 1.165) is 0 Å². The van der Waals surface area contributed by atoms with Gasteiger partial charge < -0.3 is 10.1 Å². The fourth-order valence-corrected chi connectivity index (χ4v) is 2.32. The number of nitrogens with one attached hydrogen (secondary N) is 1. The third-order valence-corrected chi connectivity index (χ3v) is 3.54. The number of carbonyl (C=O) groups is 1. The van der Waals surface area contributed by atoms with Crippen LogP contribution in [0.3, 0.4) is 0 Å². The molecule has 0 atom stereocenters. The maximum Gasteiger partial charge on any atom is 0.255 e. The smallest absolute Gasteiger partial charge is 0.255 e. The first-order chi connectivity index (χ1) is 12.1. The summed E-state index contributed by atoms with van der Waals surface area (Å²) in [5.41, 5.74) is 1.98. The average Bonchev–Trinajstić information content (AvgIpc) is 3.07. The summed E-state index contributed by atoms with van der Waals surface area (Å²) >= 11 is 0. The lowest BCUT2D eigenvalue weighted by molar-refractivity contribution is 0.102. The van der Waals surface area contributed by atoms with Crippen LogP contribution in [0.2, 0.25) is 0 Å². The van der Waals surface area contributed by atoms with Crippen molar-refractivity contribution in [3.63, 3.8) is 0 Å². The van der Waals surface area contributed by atoms with E-state index < -0.39 is 0 Å². The van der Waals surface area contributed by atoms with Crippen molar-refractivity contribution in [3.05, 3.63) is 59.4 Å². The van der Waals surface area contributed by atoms with Gasteiger partial charge in [0.1, 0.15) is 11.4 Å². The van der Waals surface area contributed by atoms with Crippen LogP contribution in [0.25, 0.3) is 5.69 Å². The van der Waals surface area contributed by atoms with Crippen LogP contribution in [0.1, 0.15) is 21.7 Å². The van der Waals surface area contributed by atoms with Gasteiger partial charge in [0, 0.05) is 11.3 Å². The second-order valence-corrected chi connectivity index (χ2v) is 5.17. The van der Waals surface area contributed by atoms with Gasteiger partial charge >= 0.3 is 0 Å². The number of rotatable bonds is 4. The molecule has 1 N–H and O–H groups in total. The van der Waals surface area contributed by atoms with E-state index in [1.807, 2.05) is 6.07 Å². The molecule has 0 fully saturated rings. The number of nitriles is 1. The highest BCUT2D eigenvalue weighted by molar-refractivity contribution is 6.04. The number of ether oxygens (including phenoxy) is 1. The fourth-order valence-electron chi connectivity index (χ4n) is 2.32. The van der Waals surface area contributed by atoms with Gasteiger partial charge in [-0.1, -0.05) is 6.07 Å². The number of carbonyl (C=O) groups excluding carboxylic acids is 1. The van der Waals surface area contributed by atoms with Crippen LogP contribution in [0.5, 0.6) is 5.75 Å². The third-order valence-electron chi connectivity index (χ3n) is 3.54. The van der Waals surface area contributed by atoms with E-state index in [-0.39, 0.29) is 5.91 Å². The lowest BCUT2D eigenvalue weighted by Crippen LogP contribution is -2.13. The molecule has 0 saturated heterocycles.